The molecular weight excluding hydrogens is 476 g/mol. The van der Waals surface area contributed by atoms with Crippen molar-refractivity contribution in [3.8, 4) is 11.1 Å². The van der Waals surface area contributed by atoms with Crippen molar-refractivity contribution >= 4 is 17.2 Å². The van der Waals surface area contributed by atoms with Gasteiger partial charge in [-0.15, -0.1) is 0 Å². The molecule has 11 heteroatoms. The summed E-state index contributed by atoms with van der Waals surface area (Å²) in [5, 5.41) is 12.6. The van der Waals surface area contributed by atoms with E-state index in [0.29, 0.717) is 42.3 Å². The second kappa shape index (κ2) is 9.38. The van der Waals surface area contributed by atoms with Gasteiger partial charge in [0.2, 0.25) is 0 Å². The predicted octanol–water partition coefficient (Wildman–Crippen LogP) is 5.64. The van der Waals surface area contributed by atoms with Crippen molar-refractivity contribution in [2.45, 2.75) is 18.0 Å². The molecule has 0 saturated carbocycles. The lowest BCUT2D eigenvalue weighted by Gasteiger charge is -2.32. The lowest BCUT2D eigenvalue weighted by atomic mass is 9.91. The molecule has 35 heavy (non-hydrogen) atoms. The van der Waals surface area contributed by atoms with Gasteiger partial charge in [-0.1, -0.05) is 24.3 Å². The largest absolute Gasteiger partial charge is 0.430 e. The number of halogens is 6. The number of rotatable bonds is 5. The van der Waals surface area contributed by atoms with E-state index in [1.807, 2.05) is 24.3 Å². The normalized spacial score (nSPS) is 15.2. The van der Waals surface area contributed by atoms with Gasteiger partial charge in [0.05, 0.1) is 13.2 Å². The zero-order valence-electron chi connectivity index (χ0n) is 18.2. The molecular formula is C24H21F6N3O2. The van der Waals surface area contributed by atoms with Gasteiger partial charge in [0.1, 0.15) is 5.82 Å². The molecule has 0 amide bonds. The highest BCUT2D eigenvalue weighted by Gasteiger charge is 2.71. The number of morpholine rings is 1. The third-order valence-corrected chi connectivity index (χ3v) is 5.74. The highest BCUT2D eigenvalue weighted by Crippen LogP contribution is 2.50. The monoisotopic (exact) mass is 497 g/mol. The second-order valence-electron chi connectivity index (χ2n) is 7.99. The number of hydrogen-bond donors (Lipinski definition) is 2. The molecule has 1 saturated heterocycles. The Hall–Kier alpha value is -3.31. The number of alkyl halides is 6. The molecule has 0 atom stereocenters. The van der Waals surface area contributed by atoms with Gasteiger partial charge in [-0.3, -0.25) is 0 Å². The van der Waals surface area contributed by atoms with Crippen LogP contribution < -0.4 is 10.2 Å². The van der Waals surface area contributed by atoms with E-state index in [1.165, 1.54) is 6.20 Å². The van der Waals surface area contributed by atoms with Crippen LogP contribution in [0, 0.1) is 0 Å². The fraction of sp³-hybridized carbons (Fsp3) is 0.292. The van der Waals surface area contributed by atoms with Gasteiger partial charge in [0.15, 0.2) is 0 Å². The van der Waals surface area contributed by atoms with Gasteiger partial charge in [-0.25, -0.2) is 4.98 Å². The van der Waals surface area contributed by atoms with Crippen LogP contribution >= 0.6 is 0 Å². The van der Waals surface area contributed by atoms with Crippen LogP contribution in [0.4, 0.5) is 43.5 Å². The van der Waals surface area contributed by atoms with E-state index < -0.39 is 23.5 Å². The summed E-state index contributed by atoms with van der Waals surface area (Å²) in [6, 6.07) is 14.4. The van der Waals surface area contributed by atoms with Crippen LogP contribution in [-0.2, 0) is 10.3 Å². The van der Waals surface area contributed by atoms with Gasteiger partial charge in [-0.05, 0) is 42.0 Å². The summed E-state index contributed by atoms with van der Waals surface area (Å²) in [4.78, 5) is 6.48. The summed E-state index contributed by atoms with van der Waals surface area (Å²) in [6.45, 7) is 3.01. The van der Waals surface area contributed by atoms with E-state index in [9.17, 15) is 31.4 Å². The van der Waals surface area contributed by atoms with Gasteiger partial charge < -0.3 is 20.1 Å². The lowest BCUT2D eigenvalue weighted by molar-refractivity contribution is -0.376. The maximum atomic E-state index is 13.1. The summed E-state index contributed by atoms with van der Waals surface area (Å²) < 4.78 is 83.7. The molecule has 2 N–H and O–H groups in total. The van der Waals surface area contributed by atoms with Gasteiger partial charge in [-0.2, -0.15) is 26.3 Å². The smallest absolute Gasteiger partial charge is 0.378 e. The van der Waals surface area contributed by atoms with Crippen LogP contribution in [0.1, 0.15) is 5.56 Å². The highest BCUT2D eigenvalue weighted by molar-refractivity contribution is 5.66. The van der Waals surface area contributed by atoms with Crippen LogP contribution in [0.2, 0.25) is 0 Å². The Balaban J connectivity index is 1.46. The van der Waals surface area contributed by atoms with Crippen LogP contribution in [0.3, 0.4) is 0 Å². The minimum atomic E-state index is -5.93. The van der Waals surface area contributed by atoms with E-state index in [0.717, 1.165) is 36.6 Å². The van der Waals surface area contributed by atoms with E-state index in [1.54, 1.807) is 12.1 Å². The first-order valence-corrected chi connectivity index (χ1v) is 10.6. The van der Waals surface area contributed by atoms with Crippen molar-refractivity contribution in [1.82, 2.24) is 4.98 Å². The maximum Gasteiger partial charge on any atom is 0.430 e. The molecule has 1 aliphatic rings. The van der Waals surface area contributed by atoms with Gasteiger partial charge in [0, 0.05) is 41.8 Å². The van der Waals surface area contributed by atoms with E-state index >= 15 is 0 Å². The number of nitrogens with one attached hydrogen (secondary N) is 1. The van der Waals surface area contributed by atoms with Crippen molar-refractivity contribution in [2.24, 2.45) is 0 Å². The Morgan fingerprint density at radius 3 is 1.86 bits per heavy atom. The molecule has 2 aromatic carbocycles. The number of nitrogens with zero attached hydrogens (tertiary/aromatic N) is 2. The summed E-state index contributed by atoms with van der Waals surface area (Å²) in [5.41, 5.74) is -3.57. The molecule has 1 aromatic heterocycles. The molecule has 4 rings (SSSR count). The molecule has 5 nitrogen and oxygen atoms in total. The van der Waals surface area contributed by atoms with Crippen LogP contribution in [0.25, 0.3) is 11.1 Å². The third-order valence-electron chi connectivity index (χ3n) is 5.74. The first-order valence-electron chi connectivity index (χ1n) is 10.6. The Morgan fingerprint density at radius 1 is 0.771 bits per heavy atom. The standard InChI is InChI=1S/C24H21F6N3O2/c25-23(26,27)22(34,24(28,29)30)18-4-1-16(2-5-18)17-3-10-21(31-15-17)32-19-6-8-20(9-7-19)33-11-13-35-14-12-33/h1-10,15,34H,11-14H2,(H,31,32). The number of anilines is 3. The number of pyridine rings is 1. The fourth-order valence-corrected chi connectivity index (χ4v) is 3.76. The van der Waals surface area contributed by atoms with Crippen LogP contribution in [-0.4, -0.2) is 48.7 Å². The lowest BCUT2D eigenvalue weighted by Crippen LogP contribution is -2.53. The van der Waals surface area contributed by atoms with Gasteiger partial charge >= 0.3 is 12.4 Å². The number of hydrogen-bond acceptors (Lipinski definition) is 5. The molecule has 0 spiro atoms. The molecule has 2 heterocycles. The Labute approximate surface area is 197 Å². The third kappa shape index (κ3) is 5.06. The Morgan fingerprint density at radius 2 is 1.34 bits per heavy atom. The van der Waals surface area contributed by atoms with Crippen molar-refractivity contribution in [3.05, 3.63) is 72.4 Å². The predicted molar refractivity (Wildman–Crippen MR) is 118 cm³/mol. The summed E-state index contributed by atoms with van der Waals surface area (Å²) in [7, 11) is 0. The number of aliphatic hydroxyl groups is 1. The molecule has 0 radical (unpaired) electrons. The molecule has 3 aromatic rings. The first-order chi connectivity index (χ1) is 16.5. The van der Waals surface area contributed by atoms with Crippen LogP contribution in [0.5, 0.6) is 0 Å². The average molecular weight is 497 g/mol. The Bertz CT molecular complexity index is 1110. The SMILES string of the molecule is OC(c1ccc(-c2ccc(Nc3ccc(N4CCOCC4)cc3)nc2)cc1)(C(F)(F)F)C(F)(F)F. The molecule has 186 valence electrons. The molecule has 1 aliphatic heterocycles. The van der Waals surface area contributed by atoms with Gasteiger partial charge in [0.25, 0.3) is 5.60 Å². The average Bonchev–Trinajstić information content (AvgIpc) is 2.84. The van der Waals surface area contributed by atoms with E-state index in [4.69, 9.17) is 4.74 Å². The first kappa shape index (κ1) is 24.8. The zero-order chi connectivity index (χ0) is 25.3. The zero-order valence-corrected chi connectivity index (χ0v) is 18.2. The second-order valence-corrected chi connectivity index (χ2v) is 7.99. The summed E-state index contributed by atoms with van der Waals surface area (Å²) >= 11 is 0. The van der Waals surface area contributed by atoms with E-state index in [-0.39, 0.29) is 0 Å². The van der Waals surface area contributed by atoms with Crippen molar-refractivity contribution in [3.63, 3.8) is 0 Å². The molecule has 0 unspecified atom stereocenters. The maximum absolute atomic E-state index is 13.1. The minimum absolute atomic E-state index is 0.342. The molecule has 1 fully saturated rings. The highest BCUT2D eigenvalue weighted by atomic mass is 19.4. The van der Waals surface area contributed by atoms with Crippen molar-refractivity contribution in [1.29, 1.82) is 0 Å². The van der Waals surface area contributed by atoms with Crippen molar-refractivity contribution in [2.75, 3.05) is 36.5 Å². The summed E-state index contributed by atoms with van der Waals surface area (Å²) in [6.07, 6.45) is -10.4. The number of ether oxygens (including phenoxy) is 1. The minimum Gasteiger partial charge on any atom is -0.378 e. The number of aromatic nitrogens is 1. The quantitative estimate of drug-likeness (QED) is 0.447. The summed E-state index contributed by atoms with van der Waals surface area (Å²) in [5.74, 6) is 0.507. The Kier molecular flexibility index (Phi) is 6.65. The molecule has 0 bridgehead atoms. The van der Waals surface area contributed by atoms with E-state index in [2.05, 4.69) is 15.2 Å². The van der Waals surface area contributed by atoms with Crippen LogP contribution in [0.15, 0.2) is 66.9 Å². The topological polar surface area (TPSA) is 57.6 Å². The van der Waals surface area contributed by atoms with Crippen molar-refractivity contribution < 1.29 is 36.2 Å². The number of benzene rings is 2. The molecule has 0 aliphatic carbocycles. The fourth-order valence-electron chi connectivity index (χ4n) is 3.76.